The smallest absolute Gasteiger partial charge is 0.273 e. The molecule has 1 fully saturated rings. The molecule has 1 N–H and O–H groups in total. The lowest BCUT2D eigenvalue weighted by atomic mass is 9.96. The van der Waals surface area contributed by atoms with E-state index in [1.165, 1.54) is 24.1 Å². The minimum absolute atomic E-state index is 0.189. The SMILES string of the molecule is Cn1nc(CNC(=O)c2cc(C3CC3)on2)c2c1CCCC2. The lowest BCUT2D eigenvalue weighted by Gasteiger charge is -2.12. The zero-order valence-electron chi connectivity index (χ0n) is 12.8. The average Bonchev–Trinajstić information content (AvgIpc) is 3.18. The molecule has 0 aliphatic heterocycles. The Morgan fingerprint density at radius 1 is 1.41 bits per heavy atom. The lowest BCUT2D eigenvalue weighted by Crippen LogP contribution is -2.24. The zero-order valence-corrected chi connectivity index (χ0v) is 12.8. The van der Waals surface area contributed by atoms with Gasteiger partial charge < -0.3 is 9.84 Å². The summed E-state index contributed by atoms with van der Waals surface area (Å²) in [6, 6.07) is 1.76. The van der Waals surface area contributed by atoms with Crippen molar-refractivity contribution >= 4 is 5.91 Å². The highest BCUT2D eigenvalue weighted by atomic mass is 16.5. The summed E-state index contributed by atoms with van der Waals surface area (Å²) in [5.41, 5.74) is 3.98. The Bertz CT molecular complexity index is 712. The van der Waals surface area contributed by atoms with Crippen molar-refractivity contribution < 1.29 is 9.32 Å². The average molecular weight is 300 g/mol. The van der Waals surface area contributed by atoms with Crippen LogP contribution >= 0.6 is 0 Å². The molecule has 0 unspecified atom stereocenters. The topological polar surface area (TPSA) is 73.0 Å². The fourth-order valence-electron chi connectivity index (χ4n) is 3.21. The molecule has 0 bridgehead atoms. The molecule has 116 valence electrons. The Morgan fingerprint density at radius 2 is 2.23 bits per heavy atom. The van der Waals surface area contributed by atoms with Crippen LogP contribution in [0.25, 0.3) is 0 Å². The van der Waals surface area contributed by atoms with Crippen LogP contribution in [0.15, 0.2) is 10.6 Å². The molecule has 2 aliphatic rings. The lowest BCUT2D eigenvalue weighted by molar-refractivity contribution is 0.0941. The molecule has 6 nitrogen and oxygen atoms in total. The first-order chi connectivity index (χ1) is 10.7. The van der Waals surface area contributed by atoms with Crippen LogP contribution in [0.2, 0.25) is 0 Å². The summed E-state index contributed by atoms with van der Waals surface area (Å²) in [5.74, 6) is 1.11. The second-order valence-corrected chi connectivity index (χ2v) is 6.27. The van der Waals surface area contributed by atoms with Gasteiger partial charge >= 0.3 is 0 Å². The van der Waals surface area contributed by atoms with Crippen LogP contribution in [-0.4, -0.2) is 20.8 Å². The molecule has 0 atom stereocenters. The molecule has 0 radical (unpaired) electrons. The number of hydrogen-bond donors (Lipinski definition) is 1. The van der Waals surface area contributed by atoms with Gasteiger partial charge in [-0.05, 0) is 44.1 Å². The normalized spacial score (nSPS) is 17.3. The van der Waals surface area contributed by atoms with Crippen molar-refractivity contribution in [2.75, 3.05) is 0 Å². The van der Waals surface area contributed by atoms with Crippen LogP contribution < -0.4 is 5.32 Å². The summed E-state index contributed by atoms with van der Waals surface area (Å²) in [7, 11) is 1.98. The summed E-state index contributed by atoms with van der Waals surface area (Å²) >= 11 is 0. The molecule has 1 saturated carbocycles. The van der Waals surface area contributed by atoms with Gasteiger partial charge in [0.2, 0.25) is 0 Å². The van der Waals surface area contributed by atoms with Crippen molar-refractivity contribution in [3.63, 3.8) is 0 Å². The molecule has 0 saturated heterocycles. The quantitative estimate of drug-likeness (QED) is 0.938. The highest BCUT2D eigenvalue weighted by Crippen LogP contribution is 2.40. The Kier molecular flexibility index (Phi) is 3.24. The van der Waals surface area contributed by atoms with Gasteiger partial charge in [-0.3, -0.25) is 9.48 Å². The fourth-order valence-corrected chi connectivity index (χ4v) is 3.21. The molecule has 2 aromatic rings. The van der Waals surface area contributed by atoms with Gasteiger partial charge in [-0.15, -0.1) is 0 Å². The number of aryl methyl sites for hydroxylation is 1. The Balaban J connectivity index is 1.44. The molecule has 2 aromatic heterocycles. The third-order valence-corrected chi connectivity index (χ3v) is 4.61. The second-order valence-electron chi connectivity index (χ2n) is 6.27. The van der Waals surface area contributed by atoms with Crippen LogP contribution in [-0.2, 0) is 26.4 Å². The van der Waals surface area contributed by atoms with Gasteiger partial charge in [0.25, 0.3) is 5.91 Å². The highest BCUT2D eigenvalue weighted by Gasteiger charge is 2.29. The molecule has 6 heteroatoms. The summed E-state index contributed by atoms with van der Waals surface area (Å²) in [4.78, 5) is 12.2. The van der Waals surface area contributed by atoms with Crippen LogP contribution in [0.1, 0.15) is 64.8 Å². The van der Waals surface area contributed by atoms with Crippen molar-refractivity contribution in [2.45, 2.75) is 51.0 Å². The standard InChI is InChI=1S/C16H20N4O2/c1-20-14-5-3-2-4-11(14)13(18-20)9-17-16(21)12-8-15(22-19-12)10-6-7-10/h8,10H,2-7,9H2,1H3,(H,17,21). The number of amides is 1. The third kappa shape index (κ3) is 2.42. The minimum atomic E-state index is -0.189. The Morgan fingerprint density at radius 3 is 3.05 bits per heavy atom. The van der Waals surface area contributed by atoms with E-state index in [4.69, 9.17) is 4.52 Å². The first-order valence-electron chi connectivity index (χ1n) is 8.01. The van der Waals surface area contributed by atoms with E-state index >= 15 is 0 Å². The Labute approximate surface area is 128 Å². The van der Waals surface area contributed by atoms with E-state index in [1.807, 2.05) is 11.7 Å². The van der Waals surface area contributed by atoms with Crippen molar-refractivity contribution in [1.82, 2.24) is 20.3 Å². The fraction of sp³-hybridized carbons (Fsp3) is 0.562. The molecular formula is C16H20N4O2. The van der Waals surface area contributed by atoms with E-state index in [9.17, 15) is 4.79 Å². The summed E-state index contributed by atoms with van der Waals surface area (Å²) in [5, 5.41) is 11.3. The van der Waals surface area contributed by atoms with Gasteiger partial charge in [0.1, 0.15) is 5.76 Å². The number of rotatable bonds is 4. The maximum absolute atomic E-state index is 12.2. The van der Waals surface area contributed by atoms with Crippen molar-refractivity contribution in [3.8, 4) is 0 Å². The molecular weight excluding hydrogens is 280 g/mol. The summed E-state index contributed by atoms with van der Waals surface area (Å²) in [6.07, 6.45) is 6.84. The molecule has 1 amide bonds. The van der Waals surface area contributed by atoms with Gasteiger partial charge in [-0.2, -0.15) is 5.10 Å². The molecule has 0 spiro atoms. The van der Waals surface area contributed by atoms with E-state index in [0.717, 1.165) is 37.1 Å². The first-order valence-corrected chi connectivity index (χ1v) is 8.01. The molecule has 4 rings (SSSR count). The third-order valence-electron chi connectivity index (χ3n) is 4.61. The van der Waals surface area contributed by atoms with E-state index in [-0.39, 0.29) is 5.91 Å². The number of nitrogens with one attached hydrogen (secondary N) is 1. The minimum Gasteiger partial charge on any atom is -0.360 e. The number of carbonyl (C=O) groups excluding carboxylic acids is 1. The van der Waals surface area contributed by atoms with Gasteiger partial charge in [0.15, 0.2) is 5.69 Å². The van der Waals surface area contributed by atoms with E-state index in [2.05, 4.69) is 15.6 Å². The molecule has 2 heterocycles. The van der Waals surface area contributed by atoms with Gasteiger partial charge in [0.05, 0.1) is 12.2 Å². The summed E-state index contributed by atoms with van der Waals surface area (Å²) < 4.78 is 7.18. The van der Waals surface area contributed by atoms with Crippen LogP contribution in [0.3, 0.4) is 0 Å². The van der Waals surface area contributed by atoms with Crippen molar-refractivity contribution in [2.24, 2.45) is 7.05 Å². The number of carbonyl (C=O) groups is 1. The van der Waals surface area contributed by atoms with E-state index < -0.39 is 0 Å². The molecule has 0 aromatic carbocycles. The first kappa shape index (κ1) is 13.5. The predicted octanol–water partition coefficient (Wildman–Crippen LogP) is 2.09. The van der Waals surface area contributed by atoms with Crippen LogP contribution in [0, 0.1) is 0 Å². The number of fused-ring (bicyclic) bond motifs is 1. The van der Waals surface area contributed by atoms with E-state index in [1.54, 1.807) is 6.07 Å². The van der Waals surface area contributed by atoms with Crippen LogP contribution in [0.4, 0.5) is 0 Å². The van der Waals surface area contributed by atoms with Crippen molar-refractivity contribution in [1.29, 1.82) is 0 Å². The second kappa shape index (κ2) is 5.26. The maximum atomic E-state index is 12.2. The molecule has 22 heavy (non-hydrogen) atoms. The van der Waals surface area contributed by atoms with E-state index in [0.29, 0.717) is 18.2 Å². The number of hydrogen-bond acceptors (Lipinski definition) is 4. The van der Waals surface area contributed by atoms with Gasteiger partial charge in [-0.1, -0.05) is 5.16 Å². The maximum Gasteiger partial charge on any atom is 0.273 e. The number of nitrogens with zero attached hydrogens (tertiary/aromatic N) is 3. The van der Waals surface area contributed by atoms with Gasteiger partial charge in [-0.25, -0.2) is 0 Å². The largest absolute Gasteiger partial charge is 0.360 e. The predicted molar refractivity (Wildman–Crippen MR) is 79.5 cm³/mol. The molecule has 2 aliphatic carbocycles. The number of aromatic nitrogens is 3. The zero-order chi connectivity index (χ0) is 15.1. The van der Waals surface area contributed by atoms with Crippen molar-refractivity contribution in [3.05, 3.63) is 34.5 Å². The van der Waals surface area contributed by atoms with Crippen LogP contribution in [0.5, 0.6) is 0 Å². The van der Waals surface area contributed by atoms with Gasteiger partial charge in [0, 0.05) is 24.7 Å². The summed E-state index contributed by atoms with van der Waals surface area (Å²) in [6.45, 7) is 0.452. The monoisotopic (exact) mass is 300 g/mol. The Hall–Kier alpha value is -2.11. The highest BCUT2D eigenvalue weighted by molar-refractivity contribution is 5.92.